The number of benzene rings is 1. The van der Waals surface area contributed by atoms with Gasteiger partial charge in [-0.2, -0.15) is 0 Å². The van der Waals surface area contributed by atoms with Crippen molar-refractivity contribution < 1.29 is 0 Å². The van der Waals surface area contributed by atoms with Crippen molar-refractivity contribution in [2.45, 2.75) is 13.5 Å². The minimum Gasteiger partial charge on any atom is -0.329 e. The van der Waals surface area contributed by atoms with E-state index in [0.717, 1.165) is 17.6 Å². The molecule has 0 radical (unpaired) electrons. The second-order valence-electron chi connectivity index (χ2n) is 3.06. The van der Waals surface area contributed by atoms with Gasteiger partial charge >= 0.3 is 0 Å². The second kappa shape index (κ2) is 5.37. The Balaban J connectivity index is 2.56. The van der Waals surface area contributed by atoms with E-state index in [0.29, 0.717) is 6.54 Å². The maximum Gasteiger partial charge on any atom is 0.0222 e. The number of hydrogen-bond donors (Lipinski definition) is 2. The first-order chi connectivity index (χ1) is 6.24. The smallest absolute Gasteiger partial charge is 0.0222 e. The fourth-order valence-corrected chi connectivity index (χ4v) is 1.75. The molecule has 0 amide bonds. The Hall–Kier alpha value is -0.380. The fraction of sp³-hybridized carbons (Fsp3) is 0.400. The van der Waals surface area contributed by atoms with E-state index in [4.69, 9.17) is 5.73 Å². The molecule has 3 N–H and O–H groups in total. The van der Waals surface area contributed by atoms with Gasteiger partial charge in [0.25, 0.3) is 0 Å². The molecule has 1 rings (SSSR count). The van der Waals surface area contributed by atoms with Crippen LogP contribution in [0.4, 0.5) is 0 Å². The highest BCUT2D eigenvalue weighted by molar-refractivity contribution is 9.10. The minimum absolute atomic E-state index is 0.684. The van der Waals surface area contributed by atoms with Crippen molar-refractivity contribution in [2.24, 2.45) is 5.73 Å². The van der Waals surface area contributed by atoms with Gasteiger partial charge in [-0.05, 0) is 24.1 Å². The number of hydrogen-bond acceptors (Lipinski definition) is 2. The first-order valence-corrected chi connectivity index (χ1v) is 5.19. The molecule has 0 aliphatic rings. The van der Waals surface area contributed by atoms with Crippen LogP contribution < -0.4 is 11.1 Å². The van der Waals surface area contributed by atoms with E-state index in [1.807, 2.05) is 0 Å². The van der Waals surface area contributed by atoms with Gasteiger partial charge in [0.1, 0.15) is 0 Å². The SMILES string of the molecule is Cc1ccc(CNCCN)c(Br)c1. The van der Waals surface area contributed by atoms with Gasteiger partial charge in [0.2, 0.25) is 0 Å². The minimum atomic E-state index is 0.684. The Kier molecular flexibility index (Phi) is 4.42. The number of nitrogens with two attached hydrogens (primary N) is 1. The van der Waals surface area contributed by atoms with Gasteiger partial charge in [-0.1, -0.05) is 28.1 Å². The largest absolute Gasteiger partial charge is 0.329 e. The Morgan fingerprint density at radius 3 is 2.85 bits per heavy atom. The standard InChI is InChI=1S/C10H15BrN2/c1-8-2-3-9(10(11)6-8)7-13-5-4-12/h2-3,6,13H,4-5,7,12H2,1H3. The molecule has 1 aromatic rings. The molecule has 0 spiro atoms. The Morgan fingerprint density at radius 2 is 2.23 bits per heavy atom. The van der Waals surface area contributed by atoms with Crippen LogP contribution in [0.3, 0.4) is 0 Å². The molecular weight excluding hydrogens is 228 g/mol. The number of nitrogens with one attached hydrogen (secondary N) is 1. The zero-order chi connectivity index (χ0) is 9.68. The first kappa shape index (κ1) is 10.7. The van der Waals surface area contributed by atoms with Gasteiger partial charge in [0, 0.05) is 24.1 Å². The quantitative estimate of drug-likeness (QED) is 0.791. The molecule has 0 aromatic heterocycles. The fourth-order valence-electron chi connectivity index (χ4n) is 1.12. The summed E-state index contributed by atoms with van der Waals surface area (Å²) in [6.45, 7) is 4.50. The maximum absolute atomic E-state index is 5.38. The van der Waals surface area contributed by atoms with Gasteiger partial charge in [-0.3, -0.25) is 0 Å². The topological polar surface area (TPSA) is 38.0 Å². The van der Waals surface area contributed by atoms with Crippen LogP contribution >= 0.6 is 15.9 Å². The van der Waals surface area contributed by atoms with Crippen LogP contribution in [0.15, 0.2) is 22.7 Å². The highest BCUT2D eigenvalue weighted by atomic mass is 79.9. The van der Waals surface area contributed by atoms with Crippen molar-refractivity contribution in [1.29, 1.82) is 0 Å². The third-order valence-electron chi connectivity index (χ3n) is 1.85. The third-order valence-corrected chi connectivity index (χ3v) is 2.58. The van der Waals surface area contributed by atoms with Crippen LogP contribution in [0.1, 0.15) is 11.1 Å². The Bertz CT molecular complexity index is 274. The lowest BCUT2D eigenvalue weighted by molar-refractivity contribution is 0.693. The summed E-state index contributed by atoms with van der Waals surface area (Å²) in [6, 6.07) is 6.37. The van der Waals surface area contributed by atoms with Gasteiger partial charge < -0.3 is 11.1 Å². The predicted octanol–water partition coefficient (Wildman–Crippen LogP) is 1.81. The lowest BCUT2D eigenvalue weighted by Crippen LogP contribution is -2.22. The first-order valence-electron chi connectivity index (χ1n) is 4.40. The third kappa shape index (κ3) is 3.46. The molecule has 13 heavy (non-hydrogen) atoms. The highest BCUT2D eigenvalue weighted by Gasteiger charge is 1.98. The molecule has 0 heterocycles. The number of halogens is 1. The molecule has 0 aliphatic heterocycles. The van der Waals surface area contributed by atoms with Gasteiger partial charge in [0.05, 0.1) is 0 Å². The van der Waals surface area contributed by atoms with Crippen LogP contribution in [0, 0.1) is 6.92 Å². The summed E-state index contributed by atoms with van der Waals surface area (Å²) < 4.78 is 1.16. The molecule has 1 aromatic carbocycles. The van der Waals surface area contributed by atoms with Crippen LogP contribution in [-0.2, 0) is 6.54 Å². The summed E-state index contributed by atoms with van der Waals surface area (Å²) in [5.41, 5.74) is 7.93. The normalized spacial score (nSPS) is 10.4. The molecular formula is C10H15BrN2. The second-order valence-corrected chi connectivity index (χ2v) is 3.91. The Morgan fingerprint density at radius 1 is 1.46 bits per heavy atom. The van der Waals surface area contributed by atoms with E-state index in [1.165, 1.54) is 11.1 Å². The van der Waals surface area contributed by atoms with Crippen LogP contribution in [0.2, 0.25) is 0 Å². The Labute approximate surface area is 87.6 Å². The van der Waals surface area contributed by atoms with E-state index in [2.05, 4.69) is 46.4 Å². The van der Waals surface area contributed by atoms with Gasteiger partial charge in [0.15, 0.2) is 0 Å². The highest BCUT2D eigenvalue weighted by Crippen LogP contribution is 2.17. The molecule has 3 heteroatoms. The van der Waals surface area contributed by atoms with E-state index in [1.54, 1.807) is 0 Å². The molecule has 72 valence electrons. The summed E-state index contributed by atoms with van der Waals surface area (Å²) in [7, 11) is 0. The lowest BCUT2D eigenvalue weighted by atomic mass is 10.1. The lowest BCUT2D eigenvalue weighted by Gasteiger charge is -2.06. The predicted molar refractivity (Wildman–Crippen MR) is 59.6 cm³/mol. The number of aryl methyl sites for hydroxylation is 1. The number of rotatable bonds is 4. The van der Waals surface area contributed by atoms with Crippen molar-refractivity contribution in [2.75, 3.05) is 13.1 Å². The molecule has 0 bridgehead atoms. The summed E-state index contributed by atoms with van der Waals surface area (Å²) in [4.78, 5) is 0. The molecule has 2 nitrogen and oxygen atoms in total. The van der Waals surface area contributed by atoms with E-state index >= 15 is 0 Å². The summed E-state index contributed by atoms with van der Waals surface area (Å²) >= 11 is 3.53. The summed E-state index contributed by atoms with van der Waals surface area (Å²) in [5, 5.41) is 3.26. The maximum atomic E-state index is 5.38. The van der Waals surface area contributed by atoms with Crippen LogP contribution in [0.25, 0.3) is 0 Å². The summed E-state index contributed by atoms with van der Waals surface area (Å²) in [5.74, 6) is 0. The molecule has 0 aliphatic carbocycles. The average Bonchev–Trinajstić information content (AvgIpc) is 2.09. The van der Waals surface area contributed by atoms with E-state index in [9.17, 15) is 0 Å². The zero-order valence-corrected chi connectivity index (χ0v) is 9.39. The van der Waals surface area contributed by atoms with Crippen LogP contribution in [-0.4, -0.2) is 13.1 Å². The van der Waals surface area contributed by atoms with Crippen molar-refractivity contribution in [1.82, 2.24) is 5.32 Å². The van der Waals surface area contributed by atoms with E-state index < -0.39 is 0 Å². The summed E-state index contributed by atoms with van der Waals surface area (Å²) in [6.07, 6.45) is 0. The monoisotopic (exact) mass is 242 g/mol. The molecule has 0 fully saturated rings. The molecule has 0 saturated heterocycles. The van der Waals surface area contributed by atoms with Gasteiger partial charge in [-0.15, -0.1) is 0 Å². The van der Waals surface area contributed by atoms with Crippen molar-refractivity contribution in [3.63, 3.8) is 0 Å². The molecule has 0 saturated carbocycles. The molecule has 0 unspecified atom stereocenters. The molecule has 0 atom stereocenters. The average molecular weight is 243 g/mol. The van der Waals surface area contributed by atoms with E-state index in [-0.39, 0.29) is 0 Å². The van der Waals surface area contributed by atoms with Gasteiger partial charge in [-0.25, -0.2) is 0 Å². The van der Waals surface area contributed by atoms with Crippen molar-refractivity contribution in [3.05, 3.63) is 33.8 Å². The van der Waals surface area contributed by atoms with Crippen LogP contribution in [0.5, 0.6) is 0 Å². The van der Waals surface area contributed by atoms with Crippen molar-refractivity contribution >= 4 is 15.9 Å². The zero-order valence-electron chi connectivity index (χ0n) is 7.81. The van der Waals surface area contributed by atoms with Crippen molar-refractivity contribution in [3.8, 4) is 0 Å².